The molecule has 5 rings (SSSR count). The summed E-state index contributed by atoms with van der Waals surface area (Å²) < 4.78 is 14.3. The number of rotatable bonds is 7. The largest absolute Gasteiger partial charge is 0.494 e. The van der Waals surface area contributed by atoms with Crippen LogP contribution in [0.25, 0.3) is 15.3 Å². The normalized spacial score (nSPS) is 15.2. The molecule has 1 amide bonds. The van der Waals surface area contributed by atoms with E-state index in [0.717, 1.165) is 38.5 Å². The summed E-state index contributed by atoms with van der Waals surface area (Å²) in [7, 11) is 0. The van der Waals surface area contributed by atoms with Crippen molar-refractivity contribution in [3.63, 3.8) is 0 Å². The van der Waals surface area contributed by atoms with Crippen molar-refractivity contribution in [2.75, 3.05) is 18.5 Å². The molecule has 0 saturated carbocycles. The Morgan fingerprint density at radius 3 is 2.94 bits per heavy atom. The van der Waals surface area contributed by atoms with E-state index in [1.807, 2.05) is 56.3 Å². The van der Waals surface area contributed by atoms with Gasteiger partial charge in [-0.25, -0.2) is 4.98 Å². The number of aryl methyl sites for hydroxylation is 1. The van der Waals surface area contributed by atoms with Crippen LogP contribution in [0.5, 0.6) is 11.5 Å². The minimum Gasteiger partial charge on any atom is -0.494 e. The van der Waals surface area contributed by atoms with E-state index in [1.165, 1.54) is 11.3 Å². The van der Waals surface area contributed by atoms with Crippen LogP contribution in [0.15, 0.2) is 55.1 Å². The Hall–Kier alpha value is -3.65. The van der Waals surface area contributed by atoms with Crippen molar-refractivity contribution in [3.8, 4) is 16.6 Å². The Labute approximate surface area is 195 Å². The van der Waals surface area contributed by atoms with Crippen molar-refractivity contribution in [1.29, 1.82) is 0 Å². The van der Waals surface area contributed by atoms with E-state index in [1.54, 1.807) is 10.8 Å². The summed E-state index contributed by atoms with van der Waals surface area (Å²) in [5.74, 6) is 1.99. The van der Waals surface area contributed by atoms with E-state index < -0.39 is 0 Å². The molecular formula is C25H24N4O3S. The van der Waals surface area contributed by atoms with Gasteiger partial charge >= 0.3 is 0 Å². The summed E-state index contributed by atoms with van der Waals surface area (Å²) in [5, 5.41) is 8.51. The maximum atomic E-state index is 12.8. The van der Waals surface area contributed by atoms with Crippen LogP contribution in [0.4, 0.5) is 5.82 Å². The van der Waals surface area contributed by atoms with E-state index >= 15 is 0 Å². The Kier molecular flexibility index (Phi) is 5.60. The van der Waals surface area contributed by atoms with Crippen LogP contribution < -0.4 is 14.8 Å². The summed E-state index contributed by atoms with van der Waals surface area (Å²) in [5.41, 5.74) is 3.66. The number of fused-ring (bicyclic) bond motifs is 2. The summed E-state index contributed by atoms with van der Waals surface area (Å²) in [6.07, 6.45) is 2.04. The van der Waals surface area contributed by atoms with E-state index in [-0.39, 0.29) is 11.8 Å². The maximum absolute atomic E-state index is 12.8. The minimum absolute atomic E-state index is 0.0630. The van der Waals surface area contributed by atoms with E-state index in [9.17, 15) is 4.79 Å². The van der Waals surface area contributed by atoms with Crippen molar-refractivity contribution in [1.82, 2.24) is 14.8 Å². The fraction of sp³-hybridized carbons (Fsp3) is 0.240. The number of thiazole rings is 1. The fourth-order valence-corrected chi connectivity index (χ4v) is 5.19. The third-order valence-electron chi connectivity index (χ3n) is 5.59. The average molecular weight is 461 g/mol. The summed E-state index contributed by atoms with van der Waals surface area (Å²) in [6, 6.07) is 13.7. The van der Waals surface area contributed by atoms with Gasteiger partial charge in [-0.3, -0.25) is 4.79 Å². The molecule has 1 N–H and O–H groups in total. The van der Waals surface area contributed by atoms with E-state index in [2.05, 4.69) is 11.9 Å². The Morgan fingerprint density at radius 2 is 2.12 bits per heavy atom. The molecular weight excluding hydrogens is 436 g/mol. The molecule has 33 heavy (non-hydrogen) atoms. The van der Waals surface area contributed by atoms with Crippen LogP contribution >= 0.6 is 11.3 Å². The lowest BCUT2D eigenvalue weighted by Gasteiger charge is -2.25. The van der Waals surface area contributed by atoms with Crippen molar-refractivity contribution in [2.45, 2.75) is 26.2 Å². The topological polar surface area (TPSA) is 78.3 Å². The van der Waals surface area contributed by atoms with Crippen LogP contribution in [0.3, 0.4) is 0 Å². The molecule has 0 unspecified atom stereocenters. The average Bonchev–Trinajstić information content (AvgIpc) is 3.38. The predicted octanol–water partition coefficient (Wildman–Crippen LogP) is 5.23. The standard InChI is InChI=1S/C25H24N4O3S/c1-4-12-32-20-9-7-6-8-17(20)18-14-22(30)27-24-23(18)15(3)28-29(24)25-26-19-11-10-16(31-5-2)13-21(19)33-25/h4,6-11,13,18H,1,5,12,14H2,2-3H3,(H,27,30)/t18-/m0/s1. The minimum atomic E-state index is -0.164. The quantitative estimate of drug-likeness (QED) is 0.382. The predicted molar refractivity (Wildman–Crippen MR) is 130 cm³/mol. The number of nitrogens with zero attached hydrogens (tertiary/aromatic N) is 3. The highest BCUT2D eigenvalue weighted by Gasteiger charge is 2.34. The molecule has 0 bridgehead atoms. The zero-order valence-electron chi connectivity index (χ0n) is 18.5. The molecule has 1 aliphatic heterocycles. The molecule has 0 spiro atoms. The molecule has 0 fully saturated rings. The molecule has 1 aliphatic rings. The molecule has 0 saturated heterocycles. The van der Waals surface area contributed by atoms with Gasteiger partial charge in [0.05, 0.1) is 22.5 Å². The van der Waals surface area contributed by atoms with E-state index in [4.69, 9.17) is 19.6 Å². The van der Waals surface area contributed by atoms with Crippen LogP contribution in [0.2, 0.25) is 0 Å². The van der Waals surface area contributed by atoms with Gasteiger partial charge in [-0.15, -0.1) is 0 Å². The van der Waals surface area contributed by atoms with E-state index in [0.29, 0.717) is 30.6 Å². The third-order valence-corrected chi connectivity index (χ3v) is 6.59. The molecule has 7 nitrogen and oxygen atoms in total. The lowest BCUT2D eigenvalue weighted by molar-refractivity contribution is -0.116. The smallest absolute Gasteiger partial charge is 0.226 e. The van der Waals surface area contributed by atoms with Crippen molar-refractivity contribution in [2.24, 2.45) is 0 Å². The van der Waals surface area contributed by atoms with Gasteiger partial charge in [0.2, 0.25) is 11.0 Å². The summed E-state index contributed by atoms with van der Waals surface area (Å²) in [4.78, 5) is 17.5. The highest BCUT2D eigenvalue weighted by Crippen LogP contribution is 2.43. The SMILES string of the molecule is C=CCOc1ccccc1[C@@H]1CC(=O)Nc2c1c(C)nn2-c1nc2ccc(OCC)cc2s1. The first-order valence-electron chi connectivity index (χ1n) is 10.8. The molecule has 3 heterocycles. The van der Waals surface area contributed by atoms with Gasteiger partial charge in [-0.05, 0) is 38.1 Å². The number of para-hydroxylation sites is 1. The second-order valence-corrected chi connectivity index (χ2v) is 8.77. The molecule has 2 aromatic carbocycles. The van der Waals surface area contributed by atoms with Crippen LogP contribution in [-0.4, -0.2) is 33.9 Å². The first kappa shape index (κ1) is 21.2. The Bertz CT molecular complexity index is 1360. The fourth-order valence-electron chi connectivity index (χ4n) is 4.24. The maximum Gasteiger partial charge on any atom is 0.226 e. The lowest BCUT2D eigenvalue weighted by atomic mass is 9.85. The second kappa shape index (κ2) is 8.71. The molecule has 0 aliphatic carbocycles. The molecule has 4 aromatic rings. The Balaban J connectivity index is 1.60. The van der Waals surface area contributed by atoms with Gasteiger partial charge < -0.3 is 14.8 Å². The second-order valence-electron chi connectivity index (χ2n) is 7.76. The van der Waals surface area contributed by atoms with Gasteiger partial charge in [0.25, 0.3) is 0 Å². The lowest BCUT2D eigenvalue weighted by Crippen LogP contribution is -2.25. The van der Waals surface area contributed by atoms with Crippen molar-refractivity contribution in [3.05, 3.63) is 71.9 Å². The van der Waals surface area contributed by atoms with Crippen LogP contribution in [-0.2, 0) is 4.79 Å². The summed E-state index contributed by atoms with van der Waals surface area (Å²) in [6.45, 7) is 8.66. The zero-order chi connectivity index (χ0) is 22.9. The number of carbonyl (C=O) groups excluding carboxylic acids is 1. The van der Waals surface area contributed by atoms with Crippen molar-refractivity contribution >= 4 is 33.3 Å². The van der Waals surface area contributed by atoms with Crippen LogP contribution in [0.1, 0.15) is 36.1 Å². The third kappa shape index (κ3) is 3.87. The number of hydrogen-bond acceptors (Lipinski definition) is 6. The molecule has 168 valence electrons. The highest BCUT2D eigenvalue weighted by atomic mass is 32.1. The number of ether oxygens (including phenoxy) is 2. The molecule has 2 aromatic heterocycles. The van der Waals surface area contributed by atoms with Gasteiger partial charge in [0, 0.05) is 23.5 Å². The zero-order valence-corrected chi connectivity index (χ0v) is 19.3. The Morgan fingerprint density at radius 1 is 1.27 bits per heavy atom. The number of anilines is 1. The molecule has 1 atom stereocenters. The number of hydrogen-bond donors (Lipinski definition) is 1. The van der Waals surface area contributed by atoms with Gasteiger partial charge in [0.1, 0.15) is 23.9 Å². The number of benzene rings is 2. The van der Waals surface area contributed by atoms with Gasteiger partial charge in [-0.2, -0.15) is 9.78 Å². The number of aromatic nitrogens is 3. The van der Waals surface area contributed by atoms with Gasteiger partial charge in [0.15, 0.2) is 0 Å². The monoisotopic (exact) mass is 460 g/mol. The van der Waals surface area contributed by atoms with Gasteiger partial charge in [-0.1, -0.05) is 42.2 Å². The molecule has 0 radical (unpaired) electrons. The summed E-state index contributed by atoms with van der Waals surface area (Å²) >= 11 is 1.51. The first-order chi connectivity index (χ1) is 16.1. The number of amides is 1. The number of carbonyl (C=O) groups is 1. The van der Waals surface area contributed by atoms with Crippen molar-refractivity contribution < 1.29 is 14.3 Å². The molecule has 8 heteroatoms. The number of nitrogens with one attached hydrogen (secondary N) is 1. The van der Waals surface area contributed by atoms with Crippen LogP contribution in [0, 0.1) is 6.92 Å². The first-order valence-corrected chi connectivity index (χ1v) is 11.7. The highest BCUT2D eigenvalue weighted by molar-refractivity contribution is 7.20.